The van der Waals surface area contributed by atoms with E-state index in [2.05, 4.69) is 20.6 Å². The lowest BCUT2D eigenvalue weighted by atomic mass is 10.1. The standard InChI is InChI=1S/C18H18N4O2/c1-12(21-13-8-9-17(24-2)20-11-13)18(23)22-16-7-3-6-15-14(16)5-4-10-19-15/h3-12,21H,1-2H3,(H,22,23)/t12-/m0/s1. The van der Waals surface area contributed by atoms with Crippen LogP contribution in [0.25, 0.3) is 10.9 Å². The first kappa shape index (κ1) is 15.7. The number of aromatic nitrogens is 2. The van der Waals surface area contributed by atoms with Crippen LogP contribution in [0, 0.1) is 0 Å². The van der Waals surface area contributed by atoms with Crippen LogP contribution in [0.1, 0.15) is 6.92 Å². The maximum absolute atomic E-state index is 12.4. The number of ether oxygens (including phenoxy) is 1. The first-order chi connectivity index (χ1) is 11.7. The normalized spacial score (nSPS) is 11.8. The lowest BCUT2D eigenvalue weighted by Gasteiger charge is -2.16. The molecule has 24 heavy (non-hydrogen) atoms. The summed E-state index contributed by atoms with van der Waals surface area (Å²) >= 11 is 0. The Morgan fingerprint density at radius 2 is 2.00 bits per heavy atom. The highest BCUT2D eigenvalue weighted by molar-refractivity contribution is 6.03. The molecule has 0 radical (unpaired) electrons. The molecule has 0 aliphatic rings. The lowest BCUT2D eigenvalue weighted by Crippen LogP contribution is -2.31. The van der Waals surface area contributed by atoms with Crippen LogP contribution >= 0.6 is 0 Å². The molecular weight excluding hydrogens is 304 g/mol. The van der Waals surface area contributed by atoms with Gasteiger partial charge in [-0.25, -0.2) is 4.98 Å². The zero-order valence-corrected chi connectivity index (χ0v) is 13.5. The number of methoxy groups -OCH3 is 1. The number of hydrogen-bond donors (Lipinski definition) is 2. The predicted octanol–water partition coefficient (Wildman–Crippen LogP) is 3.08. The van der Waals surface area contributed by atoms with Gasteiger partial charge < -0.3 is 15.4 Å². The monoisotopic (exact) mass is 322 g/mol. The fraction of sp³-hybridized carbons (Fsp3) is 0.167. The number of hydrogen-bond acceptors (Lipinski definition) is 5. The van der Waals surface area contributed by atoms with Crippen molar-refractivity contribution < 1.29 is 9.53 Å². The molecule has 1 aromatic carbocycles. The zero-order chi connectivity index (χ0) is 16.9. The van der Waals surface area contributed by atoms with Crippen LogP contribution in [-0.4, -0.2) is 29.0 Å². The Labute approximate surface area is 139 Å². The van der Waals surface area contributed by atoms with Crippen molar-refractivity contribution in [1.29, 1.82) is 0 Å². The molecular formula is C18H18N4O2. The van der Waals surface area contributed by atoms with Gasteiger partial charge in [0, 0.05) is 17.6 Å². The number of benzene rings is 1. The maximum Gasteiger partial charge on any atom is 0.246 e. The van der Waals surface area contributed by atoms with Crippen LogP contribution in [0.5, 0.6) is 5.88 Å². The van der Waals surface area contributed by atoms with Crippen LogP contribution in [0.2, 0.25) is 0 Å². The number of pyridine rings is 2. The van der Waals surface area contributed by atoms with E-state index in [-0.39, 0.29) is 5.91 Å². The van der Waals surface area contributed by atoms with Crippen LogP contribution in [-0.2, 0) is 4.79 Å². The second-order valence-corrected chi connectivity index (χ2v) is 5.32. The van der Waals surface area contributed by atoms with Crippen LogP contribution in [0.15, 0.2) is 54.9 Å². The predicted molar refractivity (Wildman–Crippen MR) is 94.2 cm³/mol. The minimum Gasteiger partial charge on any atom is -0.481 e. The molecule has 0 fully saturated rings. The highest BCUT2D eigenvalue weighted by atomic mass is 16.5. The van der Waals surface area contributed by atoms with Gasteiger partial charge in [-0.2, -0.15) is 0 Å². The summed E-state index contributed by atoms with van der Waals surface area (Å²) in [5, 5.41) is 6.97. The van der Waals surface area contributed by atoms with Crippen molar-refractivity contribution in [2.75, 3.05) is 17.7 Å². The molecule has 1 amide bonds. The van der Waals surface area contributed by atoms with Gasteiger partial charge in [0.15, 0.2) is 0 Å². The number of fused-ring (bicyclic) bond motifs is 1. The van der Waals surface area contributed by atoms with E-state index >= 15 is 0 Å². The average molecular weight is 322 g/mol. The van der Waals surface area contributed by atoms with Crippen molar-refractivity contribution in [3.05, 3.63) is 54.9 Å². The average Bonchev–Trinajstić information content (AvgIpc) is 2.62. The van der Waals surface area contributed by atoms with Gasteiger partial charge in [-0.1, -0.05) is 6.07 Å². The topological polar surface area (TPSA) is 76.1 Å². The van der Waals surface area contributed by atoms with E-state index in [9.17, 15) is 4.79 Å². The molecule has 3 aromatic rings. The minimum absolute atomic E-state index is 0.137. The van der Waals surface area contributed by atoms with E-state index in [1.54, 1.807) is 32.5 Å². The van der Waals surface area contributed by atoms with Gasteiger partial charge in [0.2, 0.25) is 11.8 Å². The first-order valence-electron chi connectivity index (χ1n) is 7.58. The van der Waals surface area contributed by atoms with Gasteiger partial charge in [0.1, 0.15) is 6.04 Å². The Morgan fingerprint density at radius 3 is 2.75 bits per heavy atom. The number of anilines is 2. The molecule has 2 N–H and O–H groups in total. The number of nitrogens with zero attached hydrogens (tertiary/aromatic N) is 2. The Kier molecular flexibility index (Phi) is 4.56. The second-order valence-electron chi connectivity index (χ2n) is 5.32. The SMILES string of the molecule is COc1ccc(N[C@@H](C)C(=O)Nc2cccc3ncccc23)cn1. The maximum atomic E-state index is 12.4. The number of carbonyl (C=O) groups excluding carboxylic acids is 1. The molecule has 6 heteroatoms. The molecule has 6 nitrogen and oxygen atoms in total. The van der Waals surface area contributed by atoms with Gasteiger partial charge in [0.05, 0.1) is 30.2 Å². The van der Waals surface area contributed by atoms with Crippen LogP contribution < -0.4 is 15.4 Å². The van der Waals surface area contributed by atoms with Crippen molar-refractivity contribution in [2.24, 2.45) is 0 Å². The first-order valence-corrected chi connectivity index (χ1v) is 7.58. The molecule has 0 saturated heterocycles. The molecule has 0 aliphatic carbocycles. The third-order valence-corrected chi connectivity index (χ3v) is 3.63. The molecule has 1 atom stereocenters. The number of amides is 1. The Bertz CT molecular complexity index is 844. The van der Waals surface area contributed by atoms with Crippen LogP contribution in [0.3, 0.4) is 0 Å². The molecule has 122 valence electrons. The summed E-state index contributed by atoms with van der Waals surface area (Å²) in [6.45, 7) is 1.79. The molecule has 2 aromatic heterocycles. The van der Waals surface area contributed by atoms with Gasteiger partial charge in [-0.15, -0.1) is 0 Å². The minimum atomic E-state index is -0.424. The molecule has 3 rings (SSSR count). The summed E-state index contributed by atoms with van der Waals surface area (Å²) in [6, 6.07) is 12.6. The Morgan fingerprint density at radius 1 is 1.12 bits per heavy atom. The summed E-state index contributed by atoms with van der Waals surface area (Å²) in [7, 11) is 1.56. The molecule has 0 saturated carbocycles. The van der Waals surface area contributed by atoms with Crippen LogP contribution in [0.4, 0.5) is 11.4 Å². The number of rotatable bonds is 5. The number of carbonyl (C=O) groups is 1. The van der Waals surface area contributed by atoms with E-state index in [1.165, 1.54) is 0 Å². The largest absolute Gasteiger partial charge is 0.481 e. The van der Waals surface area contributed by atoms with Crippen molar-refractivity contribution >= 4 is 28.2 Å². The van der Waals surface area contributed by atoms with E-state index in [0.29, 0.717) is 5.88 Å². The van der Waals surface area contributed by atoms with Crippen molar-refractivity contribution in [1.82, 2.24) is 9.97 Å². The summed E-state index contributed by atoms with van der Waals surface area (Å²) in [5.41, 5.74) is 2.33. The molecule has 0 unspecified atom stereocenters. The Hall–Kier alpha value is -3.15. The van der Waals surface area contributed by atoms with E-state index in [0.717, 1.165) is 22.3 Å². The van der Waals surface area contributed by atoms with Gasteiger partial charge >= 0.3 is 0 Å². The fourth-order valence-electron chi connectivity index (χ4n) is 2.36. The lowest BCUT2D eigenvalue weighted by molar-refractivity contribution is -0.116. The highest BCUT2D eigenvalue weighted by Crippen LogP contribution is 2.21. The second kappa shape index (κ2) is 6.95. The van der Waals surface area contributed by atoms with E-state index in [4.69, 9.17) is 4.74 Å². The van der Waals surface area contributed by atoms with E-state index < -0.39 is 6.04 Å². The quantitative estimate of drug-likeness (QED) is 0.755. The zero-order valence-electron chi connectivity index (χ0n) is 13.5. The molecule has 0 spiro atoms. The number of nitrogens with one attached hydrogen (secondary N) is 2. The third-order valence-electron chi connectivity index (χ3n) is 3.63. The van der Waals surface area contributed by atoms with Gasteiger partial charge in [-0.05, 0) is 37.3 Å². The van der Waals surface area contributed by atoms with Crippen molar-refractivity contribution in [2.45, 2.75) is 13.0 Å². The smallest absolute Gasteiger partial charge is 0.246 e. The third kappa shape index (κ3) is 3.43. The van der Waals surface area contributed by atoms with Gasteiger partial charge in [0.25, 0.3) is 0 Å². The molecule has 0 aliphatic heterocycles. The van der Waals surface area contributed by atoms with E-state index in [1.807, 2.05) is 36.4 Å². The summed E-state index contributed by atoms with van der Waals surface area (Å²) in [4.78, 5) is 20.8. The van der Waals surface area contributed by atoms with Crippen molar-refractivity contribution in [3.63, 3.8) is 0 Å². The fourth-order valence-corrected chi connectivity index (χ4v) is 2.36. The highest BCUT2D eigenvalue weighted by Gasteiger charge is 2.14. The summed E-state index contributed by atoms with van der Waals surface area (Å²) in [5.74, 6) is 0.392. The summed E-state index contributed by atoms with van der Waals surface area (Å²) in [6.07, 6.45) is 3.36. The summed E-state index contributed by atoms with van der Waals surface area (Å²) < 4.78 is 5.02. The van der Waals surface area contributed by atoms with Gasteiger partial charge in [-0.3, -0.25) is 9.78 Å². The van der Waals surface area contributed by atoms with Crippen molar-refractivity contribution in [3.8, 4) is 5.88 Å². The Balaban J connectivity index is 1.71. The molecule has 2 heterocycles. The molecule has 0 bridgehead atoms.